The number of thioether (sulfide) groups is 1. The van der Waals surface area contributed by atoms with Crippen molar-refractivity contribution in [2.75, 3.05) is 10.2 Å². The molecule has 0 aromatic heterocycles. The number of nitrogens with one attached hydrogen (secondary N) is 1. The van der Waals surface area contributed by atoms with Crippen LogP contribution >= 0.6 is 23.4 Å². The number of para-hydroxylation sites is 1. The molecule has 33 heavy (non-hydrogen) atoms. The number of nitriles is 1. The van der Waals surface area contributed by atoms with Gasteiger partial charge in [-0.3, -0.25) is 14.5 Å². The molecule has 1 fully saturated rings. The molecule has 1 heterocycles. The number of rotatable bonds is 5. The van der Waals surface area contributed by atoms with Crippen LogP contribution in [0.2, 0.25) is 5.02 Å². The van der Waals surface area contributed by atoms with Crippen molar-refractivity contribution in [3.05, 3.63) is 106 Å². The minimum absolute atomic E-state index is 0.112. The highest BCUT2D eigenvalue weighted by Crippen LogP contribution is 2.42. The van der Waals surface area contributed by atoms with E-state index in [9.17, 15) is 14.9 Å². The molecule has 5 nitrogen and oxygen atoms in total. The maximum absolute atomic E-state index is 13.5. The summed E-state index contributed by atoms with van der Waals surface area (Å²) in [7, 11) is 0. The van der Waals surface area contributed by atoms with E-state index in [1.165, 1.54) is 16.7 Å². The standard InChI is InChI=1S/C26H20ClN3O2S/c1-17-11-13-20(14-12-17)30-25(32)23(15-18-7-5-6-10-22(18)27)33-26(30)21(16-28)24(31)29-19-8-3-2-4-9-19/h2-14,23H,15H2,1H3,(H,29,31). The molecule has 0 radical (unpaired) electrons. The highest BCUT2D eigenvalue weighted by atomic mass is 35.5. The molecular formula is C26H20ClN3O2S. The monoisotopic (exact) mass is 473 g/mol. The van der Waals surface area contributed by atoms with Gasteiger partial charge in [-0.05, 0) is 49.2 Å². The third kappa shape index (κ3) is 4.95. The van der Waals surface area contributed by atoms with Crippen molar-refractivity contribution in [1.29, 1.82) is 5.26 Å². The number of benzene rings is 3. The lowest BCUT2D eigenvalue weighted by molar-refractivity contribution is -0.117. The summed E-state index contributed by atoms with van der Waals surface area (Å²) < 4.78 is 0. The molecule has 3 aromatic rings. The second-order valence-corrected chi connectivity index (χ2v) is 9.12. The van der Waals surface area contributed by atoms with Crippen LogP contribution in [-0.4, -0.2) is 17.1 Å². The highest BCUT2D eigenvalue weighted by Gasteiger charge is 2.41. The van der Waals surface area contributed by atoms with Gasteiger partial charge in [0, 0.05) is 16.4 Å². The molecule has 0 spiro atoms. The van der Waals surface area contributed by atoms with Gasteiger partial charge in [-0.25, -0.2) is 0 Å². The number of halogens is 1. The van der Waals surface area contributed by atoms with E-state index in [1.807, 2.05) is 61.5 Å². The Morgan fingerprint density at radius 2 is 1.73 bits per heavy atom. The Morgan fingerprint density at radius 3 is 2.39 bits per heavy atom. The molecule has 4 rings (SSSR count). The van der Waals surface area contributed by atoms with Gasteiger partial charge in [0.1, 0.15) is 16.7 Å². The van der Waals surface area contributed by atoms with Gasteiger partial charge in [0.25, 0.3) is 5.91 Å². The Kier molecular flexibility index (Phi) is 6.83. The molecule has 2 amide bonds. The van der Waals surface area contributed by atoms with Gasteiger partial charge in [0.15, 0.2) is 0 Å². The normalized spacial score (nSPS) is 16.9. The molecule has 1 aliphatic rings. The first-order valence-corrected chi connectivity index (χ1v) is 11.5. The van der Waals surface area contributed by atoms with Gasteiger partial charge < -0.3 is 5.32 Å². The van der Waals surface area contributed by atoms with Gasteiger partial charge in [-0.1, -0.05) is 77.5 Å². The van der Waals surface area contributed by atoms with E-state index >= 15 is 0 Å². The molecular weight excluding hydrogens is 454 g/mol. The fourth-order valence-electron chi connectivity index (χ4n) is 3.49. The van der Waals surface area contributed by atoms with Crippen molar-refractivity contribution in [1.82, 2.24) is 0 Å². The summed E-state index contributed by atoms with van der Waals surface area (Å²) in [6.45, 7) is 1.95. The molecule has 7 heteroatoms. The summed E-state index contributed by atoms with van der Waals surface area (Å²) >= 11 is 7.54. The van der Waals surface area contributed by atoms with Gasteiger partial charge >= 0.3 is 0 Å². The zero-order chi connectivity index (χ0) is 23.4. The largest absolute Gasteiger partial charge is 0.321 e. The third-order valence-electron chi connectivity index (χ3n) is 5.19. The van der Waals surface area contributed by atoms with Gasteiger partial charge in [0.2, 0.25) is 5.91 Å². The SMILES string of the molecule is Cc1ccc(N2C(=O)C(Cc3ccccc3Cl)SC2=C(C#N)C(=O)Nc2ccccc2)cc1. The van der Waals surface area contributed by atoms with Gasteiger partial charge in [-0.2, -0.15) is 5.26 Å². The van der Waals surface area contributed by atoms with Crippen LogP contribution in [-0.2, 0) is 16.0 Å². The van der Waals surface area contributed by atoms with Crippen LogP contribution in [0.4, 0.5) is 11.4 Å². The average Bonchev–Trinajstić information content (AvgIpc) is 3.12. The number of amides is 2. The Bertz CT molecular complexity index is 1270. The van der Waals surface area contributed by atoms with E-state index in [0.717, 1.165) is 11.1 Å². The maximum atomic E-state index is 13.5. The van der Waals surface area contributed by atoms with Crippen molar-refractivity contribution < 1.29 is 9.59 Å². The molecule has 3 aromatic carbocycles. The second-order valence-electron chi connectivity index (χ2n) is 7.52. The van der Waals surface area contributed by atoms with E-state index in [-0.39, 0.29) is 11.5 Å². The zero-order valence-electron chi connectivity index (χ0n) is 17.8. The summed E-state index contributed by atoms with van der Waals surface area (Å²) in [5.74, 6) is -0.756. The minimum atomic E-state index is -0.561. The van der Waals surface area contributed by atoms with E-state index in [4.69, 9.17) is 11.6 Å². The molecule has 164 valence electrons. The predicted molar refractivity (Wildman–Crippen MR) is 133 cm³/mol. The third-order valence-corrected chi connectivity index (χ3v) is 6.82. The summed E-state index contributed by atoms with van der Waals surface area (Å²) in [5.41, 5.74) is 2.94. The van der Waals surface area contributed by atoms with Gasteiger partial charge in [0.05, 0.1) is 5.25 Å². The van der Waals surface area contributed by atoms with Crippen LogP contribution < -0.4 is 10.2 Å². The van der Waals surface area contributed by atoms with Crippen molar-refractivity contribution in [3.8, 4) is 6.07 Å². The van der Waals surface area contributed by atoms with Crippen LogP contribution in [0.15, 0.2) is 89.5 Å². The quantitative estimate of drug-likeness (QED) is 0.380. The number of anilines is 2. The van der Waals surface area contributed by atoms with Crippen molar-refractivity contribution in [2.45, 2.75) is 18.6 Å². The maximum Gasteiger partial charge on any atom is 0.269 e. The Morgan fingerprint density at radius 1 is 1.06 bits per heavy atom. The Hall–Kier alpha value is -3.53. The lowest BCUT2D eigenvalue weighted by atomic mass is 10.1. The van der Waals surface area contributed by atoms with Gasteiger partial charge in [-0.15, -0.1) is 0 Å². The summed E-state index contributed by atoms with van der Waals surface area (Å²) in [4.78, 5) is 28.0. The van der Waals surface area contributed by atoms with Crippen LogP contribution in [0, 0.1) is 18.3 Å². The Balaban J connectivity index is 1.74. The Labute approximate surface area is 201 Å². The smallest absolute Gasteiger partial charge is 0.269 e. The predicted octanol–water partition coefficient (Wildman–Crippen LogP) is 5.71. The topological polar surface area (TPSA) is 73.2 Å². The number of carbonyl (C=O) groups excluding carboxylic acids is 2. The van der Waals surface area contributed by atoms with Crippen LogP contribution in [0.3, 0.4) is 0 Å². The summed E-state index contributed by atoms with van der Waals surface area (Å²) in [6.07, 6.45) is 0.383. The highest BCUT2D eigenvalue weighted by molar-refractivity contribution is 8.05. The first kappa shape index (κ1) is 22.7. The molecule has 1 saturated heterocycles. The summed E-state index contributed by atoms with van der Waals surface area (Å²) in [5, 5.41) is 13.0. The molecule has 0 aliphatic carbocycles. The van der Waals surface area contributed by atoms with E-state index in [2.05, 4.69) is 5.32 Å². The fourth-order valence-corrected chi connectivity index (χ4v) is 5.00. The van der Waals surface area contributed by atoms with Crippen molar-refractivity contribution >= 4 is 46.6 Å². The first-order chi connectivity index (χ1) is 16.0. The van der Waals surface area contributed by atoms with Crippen LogP contribution in [0.25, 0.3) is 0 Å². The second kappa shape index (κ2) is 9.95. The molecule has 1 N–H and O–H groups in total. The van der Waals surface area contributed by atoms with Crippen LogP contribution in [0.5, 0.6) is 0 Å². The minimum Gasteiger partial charge on any atom is -0.321 e. The van der Waals surface area contributed by atoms with E-state index < -0.39 is 11.2 Å². The fraction of sp³-hybridized carbons (Fsp3) is 0.115. The molecule has 1 aliphatic heterocycles. The van der Waals surface area contributed by atoms with E-state index in [0.29, 0.717) is 27.8 Å². The number of hydrogen-bond donors (Lipinski definition) is 1. The molecule has 0 saturated carbocycles. The molecule has 1 atom stereocenters. The molecule has 1 unspecified atom stereocenters. The van der Waals surface area contributed by atoms with Crippen molar-refractivity contribution in [2.24, 2.45) is 0 Å². The number of aryl methyl sites for hydroxylation is 1. The average molecular weight is 474 g/mol. The molecule has 0 bridgehead atoms. The number of nitrogens with zero attached hydrogens (tertiary/aromatic N) is 2. The zero-order valence-corrected chi connectivity index (χ0v) is 19.4. The lowest BCUT2D eigenvalue weighted by Gasteiger charge is -2.19. The number of hydrogen-bond acceptors (Lipinski definition) is 4. The number of carbonyl (C=O) groups is 2. The first-order valence-electron chi connectivity index (χ1n) is 10.3. The lowest BCUT2D eigenvalue weighted by Crippen LogP contribution is -2.31. The van der Waals surface area contributed by atoms with E-state index in [1.54, 1.807) is 30.3 Å². The van der Waals surface area contributed by atoms with Crippen molar-refractivity contribution in [3.63, 3.8) is 0 Å². The van der Waals surface area contributed by atoms with Crippen LogP contribution in [0.1, 0.15) is 11.1 Å². The summed E-state index contributed by atoms with van der Waals surface area (Å²) in [6, 6.07) is 25.7.